The summed E-state index contributed by atoms with van der Waals surface area (Å²) in [5, 5.41) is 5.29. The molecule has 0 aliphatic carbocycles. The molecule has 0 radical (unpaired) electrons. The number of hydrogen-bond acceptors (Lipinski definition) is 4. The molecule has 1 N–H and O–H groups in total. The quantitative estimate of drug-likeness (QED) is 0.822. The zero-order valence-electron chi connectivity index (χ0n) is 17.2. The Bertz CT molecular complexity index is 894. The molecule has 6 heteroatoms. The summed E-state index contributed by atoms with van der Waals surface area (Å²) in [5.41, 5.74) is 3.78. The number of hydrogen-bond donors (Lipinski definition) is 1. The molecule has 2 aliphatic rings. The largest absolute Gasteiger partial charge is 0.354 e. The number of carbonyl (C=O) groups excluding carboxylic acids is 2. The fourth-order valence-corrected chi connectivity index (χ4v) is 5.42. The third-order valence-corrected chi connectivity index (χ3v) is 7.27. The summed E-state index contributed by atoms with van der Waals surface area (Å²) in [5.74, 6) is 0.0450. The minimum Gasteiger partial charge on any atom is -0.354 e. The van der Waals surface area contributed by atoms with Crippen molar-refractivity contribution in [3.63, 3.8) is 0 Å². The molecule has 2 aliphatic heterocycles. The molecular weight excluding hydrogens is 382 g/mol. The maximum atomic E-state index is 12.8. The summed E-state index contributed by atoms with van der Waals surface area (Å²) in [6.07, 6.45) is 2.26. The Labute approximate surface area is 176 Å². The molecule has 2 amide bonds. The highest BCUT2D eigenvalue weighted by molar-refractivity contribution is 7.10. The summed E-state index contributed by atoms with van der Waals surface area (Å²) in [6, 6.07) is 10.5. The molecule has 0 bridgehead atoms. The lowest BCUT2D eigenvalue weighted by Crippen LogP contribution is -2.45. The highest BCUT2D eigenvalue weighted by atomic mass is 32.1. The van der Waals surface area contributed by atoms with Crippen molar-refractivity contribution in [3.8, 4) is 0 Å². The number of nitrogens with zero attached hydrogens (tertiary/aromatic N) is 2. The second-order valence-corrected chi connectivity index (χ2v) is 9.12. The van der Waals surface area contributed by atoms with Gasteiger partial charge in [0, 0.05) is 44.0 Å². The summed E-state index contributed by atoms with van der Waals surface area (Å²) in [7, 11) is 0. The molecule has 0 spiro atoms. The third-order valence-electron chi connectivity index (χ3n) is 6.25. The number of benzene rings is 1. The van der Waals surface area contributed by atoms with Gasteiger partial charge in [-0.1, -0.05) is 24.3 Å². The third kappa shape index (κ3) is 4.38. The fourth-order valence-electron chi connectivity index (χ4n) is 4.53. The Balaban J connectivity index is 1.36. The van der Waals surface area contributed by atoms with Crippen LogP contribution in [-0.4, -0.2) is 47.3 Å². The Morgan fingerprint density at radius 3 is 2.83 bits per heavy atom. The van der Waals surface area contributed by atoms with E-state index in [1.54, 1.807) is 6.92 Å². The van der Waals surface area contributed by atoms with Gasteiger partial charge in [0.25, 0.3) is 0 Å². The van der Waals surface area contributed by atoms with E-state index in [1.165, 1.54) is 16.0 Å². The van der Waals surface area contributed by atoms with E-state index in [0.717, 1.165) is 31.5 Å². The van der Waals surface area contributed by atoms with Gasteiger partial charge in [0.15, 0.2) is 0 Å². The maximum Gasteiger partial charge on any atom is 0.222 e. The Morgan fingerprint density at radius 1 is 1.17 bits per heavy atom. The first-order chi connectivity index (χ1) is 14.0. The number of thiophene rings is 1. The Kier molecular flexibility index (Phi) is 6.01. The molecule has 0 saturated carbocycles. The van der Waals surface area contributed by atoms with Crippen LogP contribution in [0.25, 0.3) is 0 Å². The average Bonchev–Trinajstić information content (AvgIpc) is 3.20. The van der Waals surface area contributed by atoms with Crippen LogP contribution in [0, 0.1) is 0 Å². The molecule has 2 atom stereocenters. The SMILES string of the molecule is CC(=O)N1CCc2ccccc2C1CC(=O)NCC(C)N1CCc2sccc2C1. The van der Waals surface area contributed by atoms with E-state index in [4.69, 9.17) is 0 Å². The Morgan fingerprint density at radius 2 is 2.00 bits per heavy atom. The first kappa shape index (κ1) is 20.1. The van der Waals surface area contributed by atoms with E-state index in [-0.39, 0.29) is 23.9 Å². The summed E-state index contributed by atoms with van der Waals surface area (Å²) < 4.78 is 0. The molecule has 2 unspecified atom stereocenters. The first-order valence-electron chi connectivity index (χ1n) is 10.4. The van der Waals surface area contributed by atoms with E-state index in [0.29, 0.717) is 19.5 Å². The van der Waals surface area contributed by atoms with Crippen molar-refractivity contribution in [1.29, 1.82) is 0 Å². The van der Waals surface area contributed by atoms with Gasteiger partial charge in [0.2, 0.25) is 11.8 Å². The molecule has 29 heavy (non-hydrogen) atoms. The van der Waals surface area contributed by atoms with Gasteiger partial charge < -0.3 is 10.2 Å². The standard InChI is InChI=1S/C23H29N3O2S/c1-16(25-10-8-22-19(15-25)9-12-29-22)14-24-23(28)13-21-20-6-4-3-5-18(20)7-11-26(21)17(2)27/h3-6,9,12,16,21H,7-8,10-11,13-15H2,1-2H3,(H,24,28). The lowest BCUT2D eigenvalue weighted by atomic mass is 9.90. The lowest BCUT2D eigenvalue weighted by molar-refractivity contribution is -0.133. The van der Waals surface area contributed by atoms with Gasteiger partial charge >= 0.3 is 0 Å². The zero-order chi connectivity index (χ0) is 20.4. The van der Waals surface area contributed by atoms with Crippen molar-refractivity contribution in [3.05, 3.63) is 57.3 Å². The first-order valence-corrected chi connectivity index (χ1v) is 11.3. The number of carbonyl (C=O) groups is 2. The Hall–Kier alpha value is -2.18. The molecule has 5 nitrogen and oxygen atoms in total. The number of rotatable bonds is 5. The minimum absolute atomic E-state index is 0.0121. The zero-order valence-corrected chi connectivity index (χ0v) is 18.0. The predicted octanol–water partition coefficient (Wildman–Crippen LogP) is 3.15. The molecule has 1 aromatic carbocycles. The van der Waals surface area contributed by atoms with Crippen molar-refractivity contribution < 1.29 is 9.59 Å². The topological polar surface area (TPSA) is 52.7 Å². The predicted molar refractivity (Wildman–Crippen MR) is 116 cm³/mol. The molecule has 154 valence electrons. The summed E-state index contributed by atoms with van der Waals surface area (Å²) in [6.45, 7) is 7.08. The highest BCUT2D eigenvalue weighted by Crippen LogP contribution is 2.32. The van der Waals surface area contributed by atoms with E-state index in [9.17, 15) is 9.59 Å². The number of fused-ring (bicyclic) bond motifs is 2. The van der Waals surface area contributed by atoms with Gasteiger partial charge in [-0.3, -0.25) is 14.5 Å². The minimum atomic E-state index is -0.170. The second-order valence-electron chi connectivity index (χ2n) is 8.12. The van der Waals surface area contributed by atoms with Crippen LogP contribution in [0.4, 0.5) is 0 Å². The molecule has 4 rings (SSSR count). The van der Waals surface area contributed by atoms with Gasteiger partial charge in [-0.15, -0.1) is 11.3 Å². The van der Waals surface area contributed by atoms with Gasteiger partial charge in [-0.05, 0) is 47.9 Å². The van der Waals surface area contributed by atoms with Crippen molar-refractivity contribution in [2.24, 2.45) is 0 Å². The van der Waals surface area contributed by atoms with E-state index in [2.05, 4.69) is 40.7 Å². The van der Waals surface area contributed by atoms with Crippen LogP contribution >= 0.6 is 11.3 Å². The van der Waals surface area contributed by atoms with Crippen molar-refractivity contribution >= 4 is 23.2 Å². The highest BCUT2D eigenvalue weighted by Gasteiger charge is 2.31. The number of amides is 2. The summed E-state index contributed by atoms with van der Waals surface area (Å²) in [4.78, 5) is 30.7. The van der Waals surface area contributed by atoms with Crippen molar-refractivity contribution in [2.45, 2.75) is 51.7 Å². The van der Waals surface area contributed by atoms with Crippen LogP contribution < -0.4 is 5.32 Å². The maximum absolute atomic E-state index is 12.8. The molecule has 2 aromatic rings. The van der Waals surface area contributed by atoms with Crippen molar-refractivity contribution in [1.82, 2.24) is 15.1 Å². The fraction of sp³-hybridized carbons (Fsp3) is 0.478. The summed E-state index contributed by atoms with van der Waals surface area (Å²) >= 11 is 1.85. The smallest absolute Gasteiger partial charge is 0.222 e. The lowest BCUT2D eigenvalue weighted by Gasteiger charge is -2.37. The monoisotopic (exact) mass is 411 g/mol. The van der Waals surface area contributed by atoms with Gasteiger partial charge in [0.05, 0.1) is 12.5 Å². The number of nitrogens with one attached hydrogen (secondary N) is 1. The van der Waals surface area contributed by atoms with Crippen LogP contribution in [-0.2, 0) is 29.0 Å². The van der Waals surface area contributed by atoms with Crippen LogP contribution in [0.15, 0.2) is 35.7 Å². The van der Waals surface area contributed by atoms with Crippen LogP contribution in [0.5, 0.6) is 0 Å². The normalized spacial score (nSPS) is 19.9. The van der Waals surface area contributed by atoms with Gasteiger partial charge in [-0.25, -0.2) is 0 Å². The molecular formula is C23H29N3O2S. The van der Waals surface area contributed by atoms with Crippen molar-refractivity contribution in [2.75, 3.05) is 19.6 Å². The van der Waals surface area contributed by atoms with Gasteiger partial charge in [0.1, 0.15) is 0 Å². The van der Waals surface area contributed by atoms with Crippen LogP contribution in [0.2, 0.25) is 0 Å². The van der Waals surface area contributed by atoms with E-state index in [1.807, 2.05) is 28.4 Å². The second kappa shape index (κ2) is 8.67. The average molecular weight is 412 g/mol. The van der Waals surface area contributed by atoms with Gasteiger partial charge in [-0.2, -0.15) is 0 Å². The molecule has 0 fully saturated rings. The van der Waals surface area contributed by atoms with Crippen LogP contribution in [0.3, 0.4) is 0 Å². The molecule has 3 heterocycles. The molecule has 1 aromatic heterocycles. The van der Waals surface area contributed by atoms with Crippen LogP contribution in [0.1, 0.15) is 47.9 Å². The molecule has 0 saturated heterocycles. The van der Waals surface area contributed by atoms with E-state index < -0.39 is 0 Å². The van der Waals surface area contributed by atoms with E-state index >= 15 is 0 Å².